The maximum Gasteiger partial charge on any atom is 0.325 e. The predicted octanol–water partition coefficient (Wildman–Crippen LogP) is 4.02. The van der Waals surface area contributed by atoms with Crippen molar-refractivity contribution in [3.05, 3.63) is 53.6 Å². The molecule has 2 N–H and O–H groups in total. The van der Waals surface area contributed by atoms with Gasteiger partial charge in [-0.25, -0.2) is 0 Å². The average molecular weight is 292 g/mol. The van der Waals surface area contributed by atoms with Crippen LogP contribution in [-0.2, 0) is 4.79 Å². The molecule has 1 unspecified atom stereocenters. The minimum Gasteiger partial charge on any atom is -0.480 e. The van der Waals surface area contributed by atoms with Gasteiger partial charge in [0.15, 0.2) is 0 Å². The van der Waals surface area contributed by atoms with E-state index in [9.17, 15) is 4.79 Å². The van der Waals surface area contributed by atoms with Gasteiger partial charge in [0.2, 0.25) is 0 Å². The smallest absolute Gasteiger partial charge is 0.325 e. The lowest BCUT2D eigenvalue weighted by molar-refractivity contribution is -0.137. The van der Waals surface area contributed by atoms with Crippen molar-refractivity contribution in [3.63, 3.8) is 0 Å². The summed E-state index contributed by atoms with van der Waals surface area (Å²) in [5, 5.41) is 12.3. The average Bonchev–Trinajstić information content (AvgIpc) is 2.41. The first-order valence-electron chi connectivity index (χ1n) is 6.07. The van der Waals surface area contributed by atoms with Crippen LogP contribution < -0.4 is 10.1 Å². The second-order valence-electron chi connectivity index (χ2n) is 4.29. The number of benzene rings is 2. The van der Waals surface area contributed by atoms with E-state index in [1.54, 1.807) is 43.3 Å². The highest BCUT2D eigenvalue weighted by atomic mass is 35.5. The Balaban J connectivity index is 2.03. The molecule has 20 heavy (non-hydrogen) atoms. The zero-order valence-corrected chi connectivity index (χ0v) is 11.6. The van der Waals surface area contributed by atoms with Crippen LogP contribution in [0.4, 0.5) is 5.69 Å². The third kappa shape index (κ3) is 3.90. The van der Waals surface area contributed by atoms with Gasteiger partial charge < -0.3 is 15.2 Å². The molecule has 2 rings (SSSR count). The molecule has 0 spiro atoms. The molecule has 0 aromatic heterocycles. The van der Waals surface area contributed by atoms with Crippen molar-refractivity contribution in [2.45, 2.75) is 13.0 Å². The Morgan fingerprint density at radius 2 is 1.90 bits per heavy atom. The number of anilines is 1. The second-order valence-corrected chi connectivity index (χ2v) is 4.72. The van der Waals surface area contributed by atoms with Gasteiger partial charge in [-0.3, -0.25) is 4.79 Å². The molecule has 0 saturated carbocycles. The summed E-state index contributed by atoms with van der Waals surface area (Å²) < 4.78 is 5.64. The van der Waals surface area contributed by atoms with Crippen molar-refractivity contribution in [1.29, 1.82) is 0 Å². The van der Waals surface area contributed by atoms with Crippen molar-refractivity contribution in [2.24, 2.45) is 0 Å². The molecule has 4 nitrogen and oxygen atoms in total. The summed E-state index contributed by atoms with van der Waals surface area (Å²) in [5.41, 5.74) is 0.721. The van der Waals surface area contributed by atoms with Crippen LogP contribution in [0.5, 0.6) is 11.5 Å². The van der Waals surface area contributed by atoms with Crippen LogP contribution in [0.1, 0.15) is 6.92 Å². The van der Waals surface area contributed by atoms with E-state index in [1.165, 1.54) is 0 Å². The van der Waals surface area contributed by atoms with E-state index < -0.39 is 12.0 Å². The molecule has 0 amide bonds. The molecule has 0 saturated heterocycles. The molecule has 0 bridgehead atoms. The fourth-order valence-corrected chi connectivity index (χ4v) is 1.78. The topological polar surface area (TPSA) is 58.6 Å². The van der Waals surface area contributed by atoms with Gasteiger partial charge in [0.1, 0.15) is 17.5 Å². The van der Waals surface area contributed by atoms with Crippen molar-refractivity contribution in [2.75, 3.05) is 5.32 Å². The maximum absolute atomic E-state index is 10.7. The summed E-state index contributed by atoms with van der Waals surface area (Å²) in [6.45, 7) is 1.58. The SMILES string of the molecule is CC(Nc1ccc(Oc2cccc(Cl)c2)cc1)C(=O)O. The van der Waals surface area contributed by atoms with E-state index in [1.807, 2.05) is 12.1 Å². The van der Waals surface area contributed by atoms with E-state index in [2.05, 4.69) is 5.32 Å². The monoisotopic (exact) mass is 291 g/mol. The van der Waals surface area contributed by atoms with Crippen LogP contribution in [0.25, 0.3) is 0 Å². The fraction of sp³-hybridized carbons (Fsp3) is 0.133. The molecule has 0 aliphatic heterocycles. The van der Waals surface area contributed by atoms with Gasteiger partial charge in [0.25, 0.3) is 0 Å². The Morgan fingerprint density at radius 1 is 1.20 bits per heavy atom. The molecule has 0 fully saturated rings. The molecule has 1 atom stereocenters. The van der Waals surface area contributed by atoms with Crippen LogP contribution in [0, 0.1) is 0 Å². The van der Waals surface area contributed by atoms with Crippen LogP contribution in [0.2, 0.25) is 5.02 Å². The molecule has 2 aromatic rings. The van der Waals surface area contributed by atoms with Crippen LogP contribution in [0.15, 0.2) is 48.5 Å². The molecule has 2 aromatic carbocycles. The summed E-state index contributed by atoms with van der Waals surface area (Å²) in [7, 11) is 0. The van der Waals surface area contributed by atoms with Crippen LogP contribution >= 0.6 is 11.6 Å². The molecular formula is C15H14ClNO3. The molecule has 104 valence electrons. The summed E-state index contributed by atoms with van der Waals surface area (Å²) in [4.78, 5) is 10.7. The third-order valence-corrected chi connectivity index (χ3v) is 2.87. The van der Waals surface area contributed by atoms with Crippen molar-refractivity contribution < 1.29 is 14.6 Å². The highest BCUT2D eigenvalue weighted by molar-refractivity contribution is 6.30. The summed E-state index contributed by atoms with van der Waals surface area (Å²) in [6.07, 6.45) is 0. The van der Waals surface area contributed by atoms with Gasteiger partial charge in [-0.2, -0.15) is 0 Å². The van der Waals surface area contributed by atoms with Gasteiger partial charge >= 0.3 is 5.97 Å². The number of aliphatic carboxylic acids is 1. The normalized spacial score (nSPS) is 11.7. The zero-order valence-electron chi connectivity index (χ0n) is 10.8. The number of ether oxygens (including phenoxy) is 1. The number of carboxylic acids is 1. The summed E-state index contributed by atoms with van der Waals surface area (Å²) in [6, 6.07) is 13.5. The Hall–Kier alpha value is -2.20. The van der Waals surface area contributed by atoms with E-state index >= 15 is 0 Å². The van der Waals surface area contributed by atoms with Crippen molar-refractivity contribution in [3.8, 4) is 11.5 Å². The number of carbonyl (C=O) groups is 1. The molecule has 0 radical (unpaired) electrons. The minimum atomic E-state index is -0.899. The first kappa shape index (κ1) is 14.2. The highest BCUT2D eigenvalue weighted by Gasteiger charge is 2.09. The Labute approximate surface area is 122 Å². The molecular weight excluding hydrogens is 278 g/mol. The van der Waals surface area contributed by atoms with Gasteiger partial charge in [-0.15, -0.1) is 0 Å². The number of carboxylic acid groups (broad SMARTS) is 1. The fourth-order valence-electron chi connectivity index (χ4n) is 1.60. The van der Waals surface area contributed by atoms with Crippen molar-refractivity contribution >= 4 is 23.3 Å². The Bertz CT molecular complexity index is 598. The Kier molecular flexibility index (Phi) is 4.48. The summed E-state index contributed by atoms with van der Waals surface area (Å²) >= 11 is 5.88. The Morgan fingerprint density at radius 3 is 2.50 bits per heavy atom. The van der Waals surface area contributed by atoms with E-state index in [0.29, 0.717) is 16.5 Å². The lowest BCUT2D eigenvalue weighted by Gasteiger charge is -2.11. The lowest BCUT2D eigenvalue weighted by Crippen LogP contribution is -2.25. The first-order valence-corrected chi connectivity index (χ1v) is 6.45. The molecule has 5 heteroatoms. The van der Waals surface area contributed by atoms with E-state index in [-0.39, 0.29) is 0 Å². The number of halogens is 1. The lowest BCUT2D eigenvalue weighted by atomic mass is 10.2. The van der Waals surface area contributed by atoms with E-state index in [4.69, 9.17) is 21.4 Å². The van der Waals surface area contributed by atoms with Gasteiger partial charge in [-0.05, 0) is 49.4 Å². The zero-order chi connectivity index (χ0) is 14.5. The first-order chi connectivity index (χ1) is 9.54. The maximum atomic E-state index is 10.7. The number of hydrogen-bond donors (Lipinski definition) is 2. The third-order valence-electron chi connectivity index (χ3n) is 2.64. The summed E-state index contributed by atoms with van der Waals surface area (Å²) in [5.74, 6) is 0.405. The quantitative estimate of drug-likeness (QED) is 0.873. The van der Waals surface area contributed by atoms with Crippen molar-refractivity contribution in [1.82, 2.24) is 0 Å². The van der Waals surface area contributed by atoms with E-state index in [0.717, 1.165) is 5.69 Å². The highest BCUT2D eigenvalue weighted by Crippen LogP contribution is 2.25. The van der Waals surface area contributed by atoms with Crippen LogP contribution in [0.3, 0.4) is 0 Å². The van der Waals surface area contributed by atoms with Crippen LogP contribution in [-0.4, -0.2) is 17.1 Å². The largest absolute Gasteiger partial charge is 0.480 e. The van der Waals surface area contributed by atoms with Gasteiger partial charge in [0, 0.05) is 10.7 Å². The number of hydrogen-bond acceptors (Lipinski definition) is 3. The molecule has 0 aliphatic rings. The molecule has 0 heterocycles. The molecule has 0 aliphatic carbocycles. The minimum absolute atomic E-state index is 0.607. The standard InChI is InChI=1S/C15H14ClNO3/c1-10(15(18)19)17-12-5-7-13(8-6-12)20-14-4-2-3-11(16)9-14/h2-10,17H,1H3,(H,18,19). The predicted molar refractivity (Wildman–Crippen MR) is 78.7 cm³/mol. The van der Waals surface area contributed by atoms with Gasteiger partial charge in [0.05, 0.1) is 0 Å². The number of nitrogens with one attached hydrogen (secondary N) is 1. The number of rotatable bonds is 5. The van der Waals surface area contributed by atoms with Gasteiger partial charge in [-0.1, -0.05) is 17.7 Å². The second kappa shape index (κ2) is 6.30.